The Bertz CT molecular complexity index is 648. The van der Waals surface area contributed by atoms with Crippen LogP contribution in [0.15, 0.2) is 54.9 Å². The standard InChI is InChI=1S/C15H15N5/c1-2-5-12(6-3-1)8-10-17-15-18-14(19-20-15)13-7-4-9-16-11-13/h1-7,9,11H,8,10H2,(H2,17,18,19,20). The fourth-order valence-electron chi connectivity index (χ4n) is 1.93. The highest BCUT2D eigenvalue weighted by atomic mass is 15.3. The van der Waals surface area contributed by atoms with Gasteiger partial charge in [0.2, 0.25) is 5.95 Å². The molecule has 0 spiro atoms. The van der Waals surface area contributed by atoms with Crippen molar-refractivity contribution in [2.45, 2.75) is 6.42 Å². The maximum Gasteiger partial charge on any atom is 0.219 e. The summed E-state index contributed by atoms with van der Waals surface area (Å²) >= 11 is 0. The monoisotopic (exact) mass is 265 g/mol. The summed E-state index contributed by atoms with van der Waals surface area (Å²) in [6, 6.07) is 14.1. The molecule has 0 radical (unpaired) electrons. The van der Waals surface area contributed by atoms with E-state index in [2.05, 4.69) is 37.6 Å². The highest BCUT2D eigenvalue weighted by molar-refractivity contribution is 5.54. The van der Waals surface area contributed by atoms with Gasteiger partial charge in [0.15, 0.2) is 5.82 Å². The first-order chi connectivity index (χ1) is 9.92. The maximum atomic E-state index is 4.39. The van der Waals surface area contributed by atoms with Gasteiger partial charge in [-0.15, -0.1) is 0 Å². The smallest absolute Gasteiger partial charge is 0.219 e. The number of hydrogen-bond donors (Lipinski definition) is 2. The number of pyridine rings is 1. The fourth-order valence-corrected chi connectivity index (χ4v) is 1.93. The van der Waals surface area contributed by atoms with E-state index in [1.54, 1.807) is 12.4 Å². The summed E-state index contributed by atoms with van der Waals surface area (Å²) in [5, 5.41) is 10.3. The number of nitrogens with one attached hydrogen (secondary N) is 2. The second-order valence-electron chi connectivity index (χ2n) is 4.41. The zero-order valence-corrected chi connectivity index (χ0v) is 11.0. The molecule has 0 saturated carbocycles. The normalized spacial score (nSPS) is 10.4. The largest absolute Gasteiger partial charge is 0.354 e. The molecule has 0 bridgehead atoms. The molecule has 0 aliphatic carbocycles. The lowest BCUT2D eigenvalue weighted by molar-refractivity contribution is 0.985. The van der Waals surface area contributed by atoms with Crippen molar-refractivity contribution < 1.29 is 0 Å². The Labute approximate surface area is 117 Å². The SMILES string of the molecule is c1ccc(CCNc2nc(-c3cccnc3)n[nH]2)cc1. The fraction of sp³-hybridized carbons (Fsp3) is 0.133. The van der Waals surface area contributed by atoms with E-state index in [0.717, 1.165) is 18.5 Å². The van der Waals surface area contributed by atoms with Crippen molar-refractivity contribution in [1.29, 1.82) is 0 Å². The number of hydrogen-bond acceptors (Lipinski definition) is 4. The van der Waals surface area contributed by atoms with Crippen molar-refractivity contribution in [2.75, 3.05) is 11.9 Å². The number of benzene rings is 1. The molecule has 2 heterocycles. The van der Waals surface area contributed by atoms with Gasteiger partial charge in [-0.3, -0.25) is 4.98 Å². The molecule has 5 nitrogen and oxygen atoms in total. The van der Waals surface area contributed by atoms with Crippen molar-refractivity contribution in [1.82, 2.24) is 20.2 Å². The van der Waals surface area contributed by atoms with Crippen LogP contribution >= 0.6 is 0 Å². The van der Waals surface area contributed by atoms with Crippen LogP contribution in [0.5, 0.6) is 0 Å². The molecule has 0 amide bonds. The Balaban J connectivity index is 1.58. The second kappa shape index (κ2) is 5.97. The van der Waals surface area contributed by atoms with E-state index in [4.69, 9.17) is 0 Å². The predicted molar refractivity (Wildman–Crippen MR) is 78.2 cm³/mol. The average molecular weight is 265 g/mol. The summed E-state index contributed by atoms with van der Waals surface area (Å²) in [7, 11) is 0. The second-order valence-corrected chi connectivity index (χ2v) is 4.41. The number of anilines is 1. The van der Waals surface area contributed by atoms with Crippen LogP contribution in [0.3, 0.4) is 0 Å². The van der Waals surface area contributed by atoms with E-state index >= 15 is 0 Å². The Morgan fingerprint density at radius 1 is 1.05 bits per heavy atom. The van der Waals surface area contributed by atoms with Gasteiger partial charge >= 0.3 is 0 Å². The minimum absolute atomic E-state index is 0.653. The van der Waals surface area contributed by atoms with Gasteiger partial charge in [-0.2, -0.15) is 10.1 Å². The molecule has 100 valence electrons. The molecule has 1 aromatic carbocycles. The Morgan fingerprint density at radius 2 is 1.95 bits per heavy atom. The van der Waals surface area contributed by atoms with Gasteiger partial charge in [0.1, 0.15) is 0 Å². The van der Waals surface area contributed by atoms with Gasteiger partial charge in [-0.05, 0) is 24.1 Å². The van der Waals surface area contributed by atoms with Crippen molar-refractivity contribution in [3.63, 3.8) is 0 Å². The zero-order chi connectivity index (χ0) is 13.6. The molecule has 0 saturated heterocycles. The predicted octanol–water partition coefficient (Wildman–Crippen LogP) is 2.52. The van der Waals surface area contributed by atoms with E-state index < -0.39 is 0 Å². The first kappa shape index (κ1) is 12.3. The van der Waals surface area contributed by atoms with Crippen LogP contribution < -0.4 is 5.32 Å². The van der Waals surface area contributed by atoms with E-state index in [1.165, 1.54) is 5.56 Å². The number of nitrogens with zero attached hydrogens (tertiary/aromatic N) is 3. The number of aromatic nitrogens is 4. The molecule has 0 unspecified atom stereocenters. The lowest BCUT2D eigenvalue weighted by Gasteiger charge is -2.02. The summed E-state index contributed by atoms with van der Waals surface area (Å²) in [5.74, 6) is 1.33. The molecule has 0 atom stereocenters. The van der Waals surface area contributed by atoms with E-state index in [0.29, 0.717) is 11.8 Å². The van der Waals surface area contributed by atoms with Crippen molar-refractivity contribution in [3.8, 4) is 11.4 Å². The van der Waals surface area contributed by atoms with E-state index in [9.17, 15) is 0 Å². The zero-order valence-electron chi connectivity index (χ0n) is 11.0. The molecular weight excluding hydrogens is 250 g/mol. The topological polar surface area (TPSA) is 66.5 Å². The highest BCUT2D eigenvalue weighted by Gasteiger charge is 2.04. The van der Waals surface area contributed by atoms with Crippen LogP contribution in [-0.2, 0) is 6.42 Å². The molecule has 3 aromatic rings. The maximum absolute atomic E-state index is 4.39. The third-order valence-electron chi connectivity index (χ3n) is 2.95. The molecule has 20 heavy (non-hydrogen) atoms. The first-order valence-electron chi connectivity index (χ1n) is 6.52. The third kappa shape index (κ3) is 3.00. The minimum Gasteiger partial charge on any atom is -0.354 e. The molecule has 2 aromatic heterocycles. The number of aromatic amines is 1. The van der Waals surface area contributed by atoms with Gasteiger partial charge in [0.25, 0.3) is 0 Å². The summed E-state index contributed by atoms with van der Waals surface area (Å²) in [6.07, 6.45) is 4.43. The van der Waals surface area contributed by atoms with Crippen LogP contribution in [0.4, 0.5) is 5.95 Å². The van der Waals surface area contributed by atoms with Crippen LogP contribution in [0, 0.1) is 0 Å². The quantitative estimate of drug-likeness (QED) is 0.744. The van der Waals surface area contributed by atoms with Crippen molar-refractivity contribution >= 4 is 5.95 Å². The van der Waals surface area contributed by atoms with Gasteiger partial charge in [0.05, 0.1) is 0 Å². The summed E-state index contributed by atoms with van der Waals surface area (Å²) in [4.78, 5) is 8.45. The molecule has 5 heteroatoms. The average Bonchev–Trinajstić information content (AvgIpc) is 2.98. The van der Waals surface area contributed by atoms with Gasteiger partial charge in [-0.25, -0.2) is 5.10 Å². The number of rotatable bonds is 5. The summed E-state index contributed by atoms with van der Waals surface area (Å²) in [6.45, 7) is 0.811. The Hall–Kier alpha value is -2.69. The third-order valence-corrected chi connectivity index (χ3v) is 2.95. The van der Waals surface area contributed by atoms with Gasteiger partial charge in [-0.1, -0.05) is 30.3 Å². The number of H-pyrrole nitrogens is 1. The van der Waals surface area contributed by atoms with E-state index in [-0.39, 0.29) is 0 Å². The Morgan fingerprint density at radius 3 is 2.75 bits per heavy atom. The lowest BCUT2D eigenvalue weighted by atomic mass is 10.1. The van der Waals surface area contributed by atoms with Gasteiger partial charge in [0, 0.05) is 24.5 Å². The Kier molecular flexibility index (Phi) is 3.68. The molecular formula is C15H15N5. The molecule has 3 rings (SSSR count). The highest BCUT2D eigenvalue weighted by Crippen LogP contribution is 2.13. The summed E-state index contributed by atoms with van der Waals surface area (Å²) in [5.41, 5.74) is 2.20. The van der Waals surface area contributed by atoms with Crippen molar-refractivity contribution in [2.24, 2.45) is 0 Å². The lowest BCUT2D eigenvalue weighted by Crippen LogP contribution is -2.05. The van der Waals surface area contributed by atoms with Crippen LogP contribution in [0.2, 0.25) is 0 Å². The minimum atomic E-state index is 0.653. The van der Waals surface area contributed by atoms with Crippen LogP contribution in [0.25, 0.3) is 11.4 Å². The van der Waals surface area contributed by atoms with Crippen molar-refractivity contribution in [3.05, 3.63) is 60.4 Å². The van der Waals surface area contributed by atoms with E-state index in [1.807, 2.05) is 30.3 Å². The molecule has 0 fully saturated rings. The van der Waals surface area contributed by atoms with Crippen LogP contribution in [0.1, 0.15) is 5.56 Å². The van der Waals surface area contributed by atoms with Gasteiger partial charge < -0.3 is 5.32 Å². The molecule has 0 aliphatic heterocycles. The van der Waals surface area contributed by atoms with Crippen LogP contribution in [-0.4, -0.2) is 26.7 Å². The first-order valence-corrected chi connectivity index (χ1v) is 6.52. The molecule has 0 aliphatic rings. The molecule has 2 N–H and O–H groups in total. The summed E-state index contributed by atoms with van der Waals surface area (Å²) < 4.78 is 0.